The minimum atomic E-state index is 0.0958. The van der Waals surface area contributed by atoms with Gasteiger partial charge in [-0.15, -0.1) is 0 Å². The van der Waals surface area contributed by atoms with Gasteiger partial charge in [-0.3, -0.25) is 4.57 Å². The van der Waals surface area contributed by atoms with Crippen molar-refractivity contribution in [3.8, 4) is 0 Å². The van der Waals surface area contributed by atoms with Gasteiger partial charge < -0.3 is 5.32 Å². The SMILES string of the molecule is Brc1ccc(C2=C[C@@H](c3ccccc3)n3c(nc4ccccc43)N2)cc1. The lowest BCUT2D eigenvalue weighted by Gasteiger charge is -2.26. The number of para-hydroxylation sites is 2. The van der Waals surface area contributed by atoms with Crippen LogP contribution < -0.4 is 5.32 Å². The Morgan fingerprint density at radius 2 is 1.58 bits per heavy atom. The average molecular weight is 402 g/mol. The van der Waals surface area contributed by atoms with Crippen LogP contribution in [0.2, 0.25) is 0 Å². The Labute approximate surface area is 160 Å². The highest BCUT2D eigenvalue weighted by Crippen LogP contribution is 2.36. The molecule has 1 aliphatic heterocycles. The summed E-state index contributed by atoms with van der Waals surface area (Å²) in [6, 6.07) is 27.3. The van der Waals surface area contributed by atoms with Crippen molar-refractivity contribution in [1.29, 1.82) is 0 Å². The van der Waals surface area contributed by atoms with Crippen LogP contribution in [0.15, 0.2) is 89.4 Å². The van der Waals surface area contributed by atoms with E-state index in [9.17, 15) is 0 Å². The fourth-order valence-electron chi connectivity index (χ4n) is 3.50. The van der Waals surface area contributed by atoms with E-state index in [1.165, 1.54) is 5.56 Å². The largest absolute Gasteiger partial charge is 0.325 e. The standard InChI is InChI=1S/C22H16BrN3/c23-17-12-10-15(11-13-17)19-14-21(16-6-2-1-3-7-16)26-20-9-5-4-8-18(20)24-22(26)25-19/h1-14,21H,(H,24,25)/t21-/m0/s1. The van der Waals surface area contributed by atoms with Crippen molar-refractivity contribution in [1.82, 2.24) is 9.55 Å². The molecule has 1 atom stereocenters. The van der Waals surface area contributed by atoms with Crippen LogP contribution in [-0.4, -0.2) is 9.55 Å². The second-order valence-electron chi connectivity index (χ2n) is 6.36. The van der Waals surface area contributed by atoms with Gasteiger partial charge in [0.05, 0.1) is 17.1 Å². The molecule has 0 unspecified atom stereocenters. The Morgan fingerprint density at radius 3 is 2.38 bits per heavy atom. The van der Waals surface area contributed by atoms with Crippen molar-refractivity contribution in [3.63, 3.8) is 0 Å². The second kappa shape index (κ2) is 6.15. The summed E-state index contributed by atoms with van der Waals surface area (Å²) < 4.78 is 3.34. The minimum Gasteiger partial charge on any atom is -0.325 e. The first-order valence-electron chi connectivity index (χ1n) is 8.56. The lowest BCUT2D eigenvalue weighted by Crippen LogP contribution is -2.19. The molecule has 0 saturated heterocycles. The third-order valence-corrected chi connectivity index (χ3v) is 5.27. The van der Waals surface area contributed by atoms with Gasteiger partial charge in [-0.2, -0.15) is 0 Å². The molecule has 0 radical (unpaired) electrons. The predicted molar refractivity (Wildman–Crippen MR) is 110 cm³/mol. The zero-order chi connectivity index (χ0) is 17.5. The third-order valence-electron chi connectivity index (χ3n) is 4.74. The van der Waals surface area contributed by atoms with Gasteiger partial charge in [-0.25, -0.2) is 4.98 Å². The summed E-state index contributed by atoms with van der Waals surface area (Å²) in [5.41, 5.74) is 5.60. The average Bonchev–Trinajstić information content (AvgIpc) is 3.07. The number of rotatable bonds is 2. The first-order valence-corrected chi connectivity index (χ1v) is 9.35. The van der Waals surface area contributed by atoms with Crippen LogP contribution in [-0.2, 0) is 0 Å². The molecule has 26 heavy (non-hydrogen) atoms. The van der Waals surface area contributed by atoms with Crippen LogP contribution >= 0.6 is 15.9 Å². The maximum absolute atomic E-state index is 4.82. The highest BCUT2D eigenvalue weighted by atomic mass is 79.9. The lowest BCUT2D eigenvalue weighted by atomic mass is 10.0. The fraction of sp³-hybridized carbons (Fsp3) is 0.0455. The molecule has 0 saturated carbocycles. The number of nitrogens with zero attached hydrogens (tertiary/aromatic N) is 2. The zero-order valence-electron chi connectivity index (χ0n) is 13.9. The van der Waals surface area contributed by atoms with Gasteiger partial charge in [0.15, 0.2) is 0 Å². The molecule has 1 aliphatic rings. The van der Waals surface area contributed by atoms with Gasteiger partial charge in [0.2, 0.25) is 5.95 Å². The van der Waals surface area contributed by atoms with E-state index in [2.05, 4.69) is 105 Å². The normalized spacial score (nSPS) is 16.0. The van der Waals surface area contributed by atoms with E-state index in [4.69, 9.17) is 4.98 Å². The van der Waals surface area contributed by atoms with E-state index in [1.807, 2.05) is 6.07 Å². The molecule has 0 fully saturated rings. The molecule has 0 aliphatic carbocycles. The lowest BCUT2D eigenvalue weighted by molar-refractivity contribution is 0.720. The maximum Gasteiger partial charge on any atom is 0.209 e. The van der Waals surface area contributed by atoms with Crippen LogP contribution in [0.1, 0.15) is 17.2 Å². The number of nitrogens with one attached hydrogen (secondary N) is 1. The summed E-state index contributed by atoms with van der Waals surface area (Å²) in [6.07, 6.45) is 2.28. The monoisotopic (exact) mass is 401 g/mol. The van der Waals surface area contributed by atoms with Crippen LogP contribution in [0, 0.1) is 0 Å². The fourth-order valence-corrected chi connectivity index (χ4v) is 3.77. The Kier molecular flexibility index (Phi) is 3.64. The number of hydrogen-bond acceptors (Lipinski definition) is 2. The van der Waals surface area contributed by atoms with Crippen LogP contribution in [0.25, 0.3) is 16.7 Å². The summed E-state index contributed by atoms with van der Waals surface area (Å²) in [4.78, 5) is 4.82. The van der Waals surface area contributed by atoms with Crippen LogP contribution in [0.5, 0.6) is 0 Å². The molecule has 5 rings (SSSR count). The highest BCUT2D eigenvalue weighted by molar-refractivity contribution is 9.10. The summed E-state index contributed by atoms with van der Waals surface area (Å²) in [7, 11) is 0. The molecular formula is C22H16BrN3. The maximum atomic E-state index is 4.82. The number of halogens is 1. The van der Waals surface area contributed by atoms with Crippen molar-refractivity contribution in [2.75, 3.05) is 5.32 Å². The number of imidazole rings is 1. The number of hydrogen-bond donors (Lipinski definition) is 1. The van der Waals surface area contributed by atoms with Crippen molar-refractivity contribution < 1.29 is 0 Å². The summed E-state index contributed by atoms with van der Waals surface area (Å²) >= 11 is 3.51. The summed E-state index contributed by atoms with van der Waals surface area (Å²) in [5, 5.41) is 3.52. The molecule has 1 aromatic heterocycles. The van der Waals surface area contributed by atoms with E-state index in [0.717, 1.165) is 32.7 Å². The van der Waals surface area contributed by atoms with E-state index < -0.39 is 0 Å². The van der Waals surface area contributed by atoms with Crippen molar-refractivity contribution in [2.45, 2.75) is 6.04 Å². The van der Waals surface area contributed by atoms with E-state index in [1.54, 1.807) is 0 Å². The number of fused-ring (bicyclic) bond motifs is 3. The minimum absolute atomic E-state index is 0.0958. The molecule has 0 amide bonds. The van der Waals surface area contributed by atoms with Gasteiger partial charge in [-0.05, 0) is 41.5 Å². The topological polar surface area (TPSA) is 29.9 Å². The van der Waals surface area contributed by atoms with Gasteiger partial charge in [0, 0.05) is 10.2 Å². The molecule has 0 spiro atoms. The zero-order valence-corrected chi connectivity index (χ0v) is 15.5. The smallest absolute Gasteiger partial charge is 0.209 e. The molecular weight excluding hydrogens is 386 g/mol. The number of anilines is 1. The van der Waals surface area contributed by atoms with E-state index in [0.29, 0.717) is 0 Å². The number of aromatic nitrogens is 2. The van der Waals surface area contributed by atoms with Crippen LogP contribution in [0.3, 0.4) is 0 Å². The molecule has 4 aromatic rings. The van der Waals surface area contributed by atoms with Crippen molar-refractivity contribution >= 4 is 38.6 Å². The highest BCUT2D eigenvalue weighted by Gasteiger charge is 2.25. The summed E-state index contributed by atoms with van der Waals surface area (Å²) in [6.45, 7) is 0. The van der Waals surface area contributed by atoms with Gasteiger partial charge in [0.1, 0.15) is 0 Å². The van der Waals surface area contributed by atoms with Gasteiger partial charge in [-0.1, -0.05) is 70.5 Å². The van der Waals surface area contributed by atoms with Crippen LogP contribution in [0.4, 0.5) is 5.95 Å². The molecule has 3 aromatic carbocycles. The van der Waals surface area contributed by atoms with Crippen molar-refractivity contribution in [2.24, 2.45) is 0 Å². The summed E-state index contributed by atoms with van der Waals surface area (Å²) in [5.74, 6) is 0.875. The Bertz CT molecular complexity index is 1110. The van der Waals surface area contributed by atoms with E-state index in [-0.39, 0.29) is 6.04 Å². The molecule has 4 heteroatoms. The van der Waals surface area contributed by atoms with Crippen molar-refractivity contribution in [3.05, 3.63) is 101 Å². The first-order chi connectivity index (χ1) is 12.8. The Morgan fingerprint density at radius 1 is 0.846 bits per heavy atom. The van der Waals surface area contributed by atoms with Gasteiger partial charge in [0.25, 0.3) is 0 Å². The molecule has 1 N–H and O–H groups in total. The molecule has 126 valence electrons. The number of benzene rings is 3. The third kappa shape index (κ3) is 2.54. The molecule has 0 bridgehead atoms. The first kappa shape index (κ1) is 15.4. The number of allylic oxidation sites excluding steroid dienone is 1. The van der Waals surface area contributed by atoms with Gasteiger partial charge >= 0.3 is 0 Å². The molecule has 2 heterocycles. The predicted octanol–water partition coefficient (Wildman–Crippen LogP) is 5.85. The quantitative estimate of drug-likeness (QED) is 0.456. The Hall–Kier alpha value is -2.85. The van der Waals surface area contributed by atoms with E-state index >= 15 is 0 Å². The molecule has 3 nitrogen and oxygen atoms in total. The second-order valence-corrected chi connectivity index (χ2v) is 7.28. The Balaban J connectivity index is 1.72.